The molecular formula is C8H12ClN3. The van der Waals surface area contributed by atoms with Crippen LogP contribution in [0.3, 0.4) is 0 Å². The fraction of sp³-hybridized carbons (Fsp3) is 0.625. The Morgan fingerprint density at radius 1 is 1.67 bits per heavy atom. The van der Waals surface area contributed by atoms with Gasteiger partial charge in [-0.05, 0) is 37.9 Å². The van der Waals surface area contributed by atoms with Crippen molar-refractivity contribution in [1.29, 1.82) is 0 Å². The second-order valence-electron chi connectivity index (χ2n) is 3.28. The molecule has 1 aliphatic rings. The van der Waals surface area contributed by atoms with Crippen LogP contribution in [-0.4, -0.2) is 23.3 Å². The van der Waals surface area contributed by atoms with E-state index in [1.807, 2.05) is 6.07 Å². The number of aromatic amines is 1. The molecule has 12 heavy (non-hydrogen) atoms. The van der Waals surface area contributed by atoms with E-state index in [1.165, 1.54) is 6.42 Å². The van der Waals surface area contributed by atoms with Crippen molar-refractivity contribution in [3.63, 3.8) is 0 Å². The van der Waals surface area contributed by atoms with Crippen LogP contribution in [0.15, 0.2) is 6.07 Å². The Labute approximate surface area is 76.5 Å². The van der Waals surface area contributed by atoms with Crippen LogP contribution in [0.25, 0.3) is 0 Å². The summed E-state index contributed by atoms with van der Waals surface area (Å²) in [6.07, 6.45) is 2.32. The molecule has 0 amide bonds. The number of nitrogens with zero attached hydrogens (tertiary/aromatic N) is 1. The maximum absolute atomic E-state index is 5.69. The molecule has 0 saturated carbocycles. The molecule has 1 aromatic heterocycles. The molecule has 0 aromatic carbocycles. The molecule has 2 rings (SSSR count). The van der Waals surface area contributed by atoms with Gasteiger partial charge in [0.25, 0.3) is 0 Å². The number of H-pyrrole nitrogens is 1. The summed E-state index contributed by atoms with van der Waals surface area (Å²) in [5, 5.41) is 10.7. The van der Waals surface area contributed by atoms with Crippen LogP contribution in [0, 0.1) is 5.92 Å². The molecule has 1 atom stereocenters. The van der Waals surface area contributed by atoms with E-state index in [9.17, 15) is 0 Å². The summed E-state index contributed by atoms with van der Waals surface area (Å²) >= 11 is 5.69. The average molecular weight is 186 g/mol. The van der Waals surface area contributed by atoms with Crippen molar-refractivity contribution < 1.29 is 0 Å². The molecule has 1 fully saturated rings. The molecule has 1 aromatic rings. The predicted molar refractivity (Wildman–Crippen MR) is 48.3 cm³/mol. The van der Waals surface area contributed by atoms with Gasteiger partial charge in [0.2, 0.25) is 0 Å². The van der Waals surface area contributed by atoms with Gasteiger partial charge in [-0.2, -0.15) is 5.10 Å². The number of rotatable bonds is 2. The number of hydrogen-bond acceptors (Lipinski definition) is 2. The van der Waals surface area contributed by atoms with Gasteiger partial charge in [0.1, 0.15) is 0 Å². The highest BCUT2D eigenvalue weighted by molar-refractivity contribution is 6.29. The molecule has 0 radical (unpaired) electrons. The Balaban J connectivity index is 1.94. The minimum Gasteiger partial charge on any atom is -0.316 e. The summed E-state index contributed by atoms with van der Waals surface area (Å²) in [6, 6.07) is 1.90. The number of aromatic nitrogens is 2. The fourth-order valence-electron chi connectivity index (χ4n) is 1.64. The molecule has 1 unspecified atom stereocenters. The highest BCUT2D eigenvalue weighted by Crippen LogP contribution is 2.15. The Kier molecular flexibility index (Phi) is 2.33. The Hall–Kier alpha value is -0.540. The zero-order valence-corrected chi connectivity index (χ0v) is 7.56. The Morgan fingerprint density at radius 3 is 3.17 bits per heavy atom. The largest absolute Gasteiger partial charge is 0.316 e. The van der Waals surface area contributed by atoms with Crippen molar-refractivity contribution in [3.8, 4) is 0 Å². The summed E-state index contributed by atoms with van der Waals surface area (Å²) < 4.78 is 0. The molecular weight excluding hydrogens is 174 g/mol. The third-order valence-electron chi connectivity index (χ3n) is 2.27. The summed E-state index contributed by atoms with van der Waals surface area (Å²) in [4.78, 5) is 0. The topological polar surface area (TPSA) is 40.7 Å². The predicted octanol–water partition coefficient (Wildman–Crippen LogP) is 1.22. The maximum atomic E-state index is 5.69. The third-order valence-corrected chi connectivity index (χ3v) is 2.46. The van der Waals surface area contributed by atoms with E-state index in [4.69, 9.17) is 11.6 Å². The van der Waals surface area contributed by atoms with Crippen molar-refractivity contribution >= 4 is 11.6 Å². The standard InChI is InChI=1S/C8H12ClN3/c9-8-4-7(11-12-8)3-6-1-2-10-5-6/h4,6,10H,1-3,5H2,(H,11,12). The molecule has 0 spiro atoms. The van der Waals surface area contributed by atoms with Crippen LogP contribution >= 0.6 is 11.6 Å². The van der Waals surface area contributed by atoms with Crippen LogP contribution in [0.5, 0.6) is 0 Å². The van der Waals surface area contributed by atoms with Crippen LogP contribution < -0.4 is 5.32 Å². The van der Waals surface area contributed by atoms with Crippen molar-refractivity contribution in [1.82, 2.24) is 15.5 Å². The van der Waals surface area contributed by atoms with Crippen molar-refractivity contribution in [3.05, 3.63) is 16.9 Å². The van der Waals surface area contributed by atoms with Gasteiger partial charge >= 0.3 is 0 Å². The molecule has 4 heteroatoms. The molecule has 66 valence electrons. The lowest BCUT2D eigenvalue weighted by Gasteiger charge is -2.04. The van der Waals surface area contributed by atoms with Crippen LogP contribution in [0.1, 0.15) is 12.1 Å². The first-order valence-corrected chi connectivity index (χ1v) is 4.63. The summed E-state index contributed by atoms with van der Waals surface area (Å²) in [7, 11) is 0. The molecule has 0 aliphatic carbocycles. The van der Waals surface area contributed by atoms with E-state index in [2.05, 4.69) is 15.5 Å². The van der Waals surface area contributed by atoms with Gasteiger partial charge < -0.3 is 5.32 Å². The first-order valence-electron chi connectivity index (χ1n) is 4.25. The van der Waals surface area contributed by atoms with Gasteiger partial charge in [-0.25, -0.2) is 0 Å². The van der Waals surface area contributed by atoms with Crippen molar-refractivity contribution in [2.75, 3.05) is 13.1 Å². The van der Waals surface area contributed by atoms with Gasteiger partial charge in [-0.3, -0.25) is 5.10 Å². The second kappa shape index (κ2) is 3.46. The van der Waals surface area contributed by atoms with Crippen LogP contribution in [0.2, 0.25) is 5.15 Å². The molecule has 0 bridgehead atoms. The highest BCUT2D eigenvalue weighted by atomic mass is 35.5. The van der Waals surface area contributed by atoms with Crippen LogP contribution in [0.4, 0.5) is 0 Å². The van der Waals surface area contributed by atoms with E-state index < -0.39 is 0 Å². The molecule has 3 nitrogen and oxygen atoms in total. The Morgan fingerprint density at radius 2 is 2.58 bits per heavy atom. The van der Waals surface area contributed by atoms with Gasteiger partial charge in [0, 0.05) is 5.69 Å². The van der Waals surface area contributed by atoms with Gasteiger partial charge in [0.15, 0.2) is 5.15 Å². The zero-order valence-electron chi connectivity index (χ0n) is 6.81. The van der Waals surface area contributed by atoms with Gasteiger partial charge in [-0.1, -0.05) is 11.6 Å². The number of nitrogens with one attached hydrogen (secondary N) is 2. The lowest BCUT2D eigenvalue weighted by atomic mass is 10.0. The SMILES string of the molecule is Clc1cc(CC2CCNC2)[nH]n1. The third kappa shape index (κ3) is 1.79. The van der Waals surface area contributed by atoms with Crippen LogP contribution in [-0.2, 0) is 6.42 Å². The molecule has 1 aliphatic heterocycles. The highest BCUT2D eigenvalue weighted by Gasteiger charge is 2.15. The maximum Gasteiger partial charge on any atom is 0.151 e. The lowest BCUT2D eigenvalue weighted by Crippen LogP contribution is -2.10. The van der Waals surface area contributed by atoms with E-state index in [0.29, 0.717) is 5.15 Å². The van der Waals surface area contributed by atoms with Gasteiger partial charge in [0.05, 0.1) is 0 Å². The second-order valence-corrected chi connectivity index (χ2v) is 3.67. The zero-order chi connectivity index (χ0) is 8.39. The summed E-state index contributed by atoms with van der Waals surface area (Å²) in [5.41, 5.74) is 1.15. The number of halogens is 1. The normalized spacial score (nSPS) is 23.2. The Bertz CT molecular complexity index is 253. The molecule has 1 saturated heterocycles. The lowest BCUT2D eigenvalue weighted by molar-refractivity contribution is 0.571. The fourth-order valence-corrected chi connectivity index (χ4v) is 1.81. The van der Waals surface area contributed by atoms with E-state index >= 15 is 0 Å². The van der Waals surface area contributed by atoms with E-state index in [0.717, 1.165) is 31.1 Å². The monoisotopic (exact) mass is 185 g/mol. The van der Waals surface area contributed by atoms with Gasteiger partial charge in [-0.15, -0.1) is 0 Å². The number of hydrogen-bond donors (Lipinski definition) is 2. The van der Waals surface area contributed by atoms with Crippen molar-refractivity contribution in [2.24, 2.45) is 5.92 Å². The first kappa shape index (κ1) is 8.08. The first-order chi connectivity index (χ1) is 5.84. The molecule has 2 N–H and O–H groups in total. The van der Waals surface area contributed by atoms with E-state index in [-0.39, 0.29) is 0 Å². The quantitative estimate of drug-likeness (QED) is 0.728. The summed E-state index contributed by atoms with van der Waals surface area (Å²) in [6.45, 7) is 2.27. The minimum absolute atomic E-state index is 0.566. The molecule has 2 heterocycles. The van der Waals surface area contributed by atoms with E-state index in [1.54, 1.807) is 0 Å². The minimum atomic E-state index is 0.566. The smallest absolute Gasteiger partial charge is 0.151 e. The van der Waals surface area contributed by atoms with Crippen molar-refractivity contribution in [2.45, 2.75) is 12.8 Å². The average Bonchev–Trinajstić information content (AvgIpc) is 2.63. The summed E-state index contributed by atoms with van der Waals surface area (Å²) in [5.74, 6) is 0.751.